The second-order valence-electron chi connectivity index (χ2n) is 8.89. The first-order valence-electron chi connectivity index (χ1n) is 12.0. The average Bonchev–Trinajstić information content (AvgIpc) is 2.93. The van der Waals surface area contributed by atoms with E-state index in [0.29, 0.717) is 9.76 Å². The summed E-state index contributed by atoms with van der Waals surface area (Å²) in [5.41, 5.74) is -1.14. The van der Waals surface area contributed by atoms with Crippen LogP contribution in [0.4, 0.5) is 0 Å². The van der Waals surface area contributed by atoms with Crippen LogP contribution < -0.4 is 0 Å². The molecule has 13 nitrogen and oxygen atoms in total. The third kappa shape index (κ3) is 14.4. The van der Waals surface area contributed by atoms with Crippen molar-refractivity contribution in [2.24, 2.45) is 0 Å². The molecular weight excluding hydrogens is 600 g/mol. The molecule has 0 saturated carbocycles. The van der Waals surface area contributed by atoms with Gasteiger partial charge in [-0.1, -0.05) is 36.4 Å². The largest absolute Gasteiger partial charge is 0.478 e. The van der Waals surface area contributed by atoms with E-state index in [9.17, 15) is 28.8 Å². The first-order chi connectivity index (χ1) is 19.9. The van der Waals surface area contributed by atoms with E-state index in [4.69, 9.17) is 34.8 Å². The molecule has 0 atom stereocenters. The summed E-state index contributed by atoms with van der Waals surface area (Å²) in [4.78, 5) is 62.8. The van der Waals surface area contributed by atoms with E-state index in [1.54, 1.807) is 0 Å². The van der Waals surface area contributed by atoms with Crippen LogP contribution in [0.15, 0.2) is 72.8 Å². The maximum absolute atomic E-state index is 10.5. The van der Waals surface area contributed by atoms with Crippen LogP contribution >= 0.6 is 0 Å². The molecule has 2 radical (unpaired) electrons. The molecule has 3 aromatic rings. The molecule has 3 rings (SSSR count). The Morgan fingerprint density at radius 2 is 0.628 bits per heavy atom. The second-order valence-corrected chi connectivity index (χ2v) is 14.3. The molecule has 0 fully saturated rings. The molecule has 0 aliphatic rings. The van der Waals surface area contributed by atoms with E-state index in [1.807, 2.05) is 0 Å². The lowest BCUT2D eigenvalue weighted by Gasteiger charge is -2.14. The summed E-state index contributed by atoms with van der Waals surface area (Å²) in [6, 6.07) is 16.4. The molecule has 15 heteroatoms. The smallest absolute Gasteiger partial charge is 0.336 e. The minimum atomic E-state index is -1.23. The fraction of sp³-hybridized carbons (Fsp3) is 0.143. The Kier molecular flexibility index (Phi) is 16.1. The predicted molar refractivity (Wildman–Crippen MR) is 157 cm³/mol. The highest BCUT2D eigenvalue weighted by Gasteiger charge is 2.15. The summed E-state index contributed by atoms with van der Waals surface area (Å²) in [7, 11) is -0.474. The third-order valence-corrected chi connectivity index (χ3v) is 7.84. The summed E-state index contributed by atoms with van der Waals surface area (Å²) in [5, 5.41) is 51.3. The fourth-order valence-corrected chi connectivity index (χ4v) is 5.32. The quantitative estimate of drug-likeness (QED) is 0.185. The normalized spacial score (nSPS) is 9.77. The van der Waals surface area contributed by atoms with Gasteiger partial charge in [0.2, 0.25) is 9.76 Å². The topological polar surface area (TPSA) is 233 Å². The third-order valence-electron chi connectivity index (χ3n) is 4.57. The van der Waals surface area contributed by atoms with E-state index < -0.39 is 44.1 Å². The SMILES string of the molecule is C[Si]O[Si](C)(C)C.O=C(O)c1ccccc1C(=O)O.O=C(O)c1ccccc1C(=O)O.O=C(O)c1ccccc1C(=O)O. The Labute approximate surface area is 249 Å². The number of aromatic carboxylic acids is 6. The van der Waals surface area contributed by atoms with E-state index in [2.05, 4.69) is 26.2 Å². The number of carboxylic acids is 6. The number of benzene rings is 3. The van der Waals surface area contributed by atoms with Crippen LogP contribution in [-0.2, 0) is 4.12 Å². The fourth-order valence-electron chi connectivity index (χ4n) is 2.87. The zero-order valence-corrected chi connectivity index (χ0v) is 25.5. The number of hydrogen-bond acceptors (Lipinski definition) is 7. The van der Waals surface area contributed by atoms with Crippen LogP contribution in [0, 0.1) is 0 Å². The van der Waals surface area contributed by atoms with Crippen molar-refractivity contribution in [3.8, 4) is 0 Å². The zero-order chi connectivity index (χ0) is 33.3. The highest BCUT2D eigenvalue weighted by molar-refractivity contribution is 6.73. The second kappa shape index (κ2) is 18.3. The highest BCUT2D eigenvalue weighted by atomic mass is 28.4. The van der Waals surface area contributed by atoms with Gasteiger partial charge in [0.05, 0.1) is 33.4 Å². The van der Waals surface area contributed by atoms with Gasteiger partial charge in [0.1, 0.15) is 0 Å². The molecule has 0 heterocycles. The molecule has 6 N–H and O–H groups in total. The summed E-state index contributed by atoms with van der Waals surface area (Å²) < 4.78 is 5.40. The molecule has 0 aromatic heterocycles. The zero-order valence-electron chi connectivity index (χ0n) is 23.5. The van der Waals surface area contributed by atoms with Crippen molar-refractivity contribution >= 4 is 53.9 Å². The molecule has 0 unspecified atom stereocenters. The van der Waals surface area contributed by atoms with E-state index >= 15 is 0 Å². The van der Waals surface area contributed by atoms with Crippen molar-refractivity contribution in [3.05, 3.63) is 106 Å². The maximum atomic E-state index is 10.5. The summed E-state index contributed by atoms with van der Waals surface area (Å²) >= 11 is 0. The van der Waals surface area contributed by atoms with Crippen molar-refractivity contribution in [2.75, 3.05) is 0 Å². The van der Waals surface area contributed by atoms with Gasteiger partial charge in [0.25, 0.3) is 0 Å². The summed E-state index contributed by atoms with van der Waals surface area (Å²) in [6.07, 6.45) is 0. The Bertz CT molecular complexity index is 1190. The van der Waals surface area contributed by atoms with Gasteiger partial charge in [0.15, 0.2) is 8.32 Å². The number of hydrogen-bond donors (Lipinski definition) is 6. The Hall–Kier alpha value is -5.13. The standard InChI is InChI=1S/3C8H6O4.C4H12OSi2/c3*9-7(10)5-3-1-2-4-6(5)8(11)12;1-6-5-7(2,3)4/h3*1-4H,(H,9,10)(H,11,12);1-4H3. The minimum Gasteiger partial charge on any atom is -0.478 e. The van der Waals surface area contributed by atoms with Gasteiger partial charge in [-0.15, -0.1) is 0 Å². The Balaban J connectivity index is 0.000000558. The lowest BCUT2D eigenvalue weighted by molar-refractivity contribution is 0.0651. The first-order valence-corrected chi connectivity index (χ1v) is 16.8. The van der Waals surface area contributed by atoms with Crippen LogP contribution in [-0.4, -0.2) is 84.5 Å². The van der Waals surface area contributed by atoms with Crippen molar-refractivity contribution in [1.29, 1.82) is 0 Å². The van der Waals surface area contributed by atoms with Gasteiger partial charge >= 0.3 is 35.8 Å². The van der Waals surface area contributed by atoms with Gasteiger partial charge in [-0.3, -0.25) is 0 Å². The molecule has 0 amide bonds. The average molecular weight is 631 g/mol. The summed E-state index contributed by atoms with van der Waals surface area (Å²) in [5.74, 6) is -7.37. The molecule has 43 heavy (non-hydrogen) atoms. The van der Waals surface area contributed by atoms with Gasteiger partial charge in [-0.25, -0.2) is 28.8 Å². The lowest BCUT2D eigenvalue weighted by atomic mass is 10.1. The van der Waals surface area contributed by atoms with Gasteiger partial charge in [-0.2, -0.15) is 0 Å². The molecule has 3 aromatic carbocycles. The molecule has 0 saturated heterocycles. The van der Waals surface area contributed by atoms with Crippen LogP contribution in [0.5, 0.6) is 0 Å². The van der Waals surface area contributed by atoms with Crippen molar-refractivity contribution in [1.82, 2.24) is 0 Å². The van der Waals surface area contributed by atoms with Crippen LogP contribution in [0.2, 0.25) is 26.2 Å². The monoisotopic (exact) mass is 630 g/mol. The number of rotatable bonds is 8. The first kappa shape index (κ1) is 37.9. The molecule has 0 aliphatic heterocycles. The molecule has 228 valence electrons. The van der Waals surface area contributed by atoms with Crippen molar-refractivity contribution in [3.63, 3.8) is 0 Å². The van der Waals surface area contributed by atoms with Gasteiger partial charge in [-0.05, 0) is 62.6 Å². The van der Waals surface area contributed by atoms with E-state index in [0.717, 1.165) is 0 Å². The van der Waals surface area contributed by atoms with Crippen LogP contribution in [0.1, 0.15) is 62.1 Å². The highest BCUT2D eigenvalue weighted by Crippen LogP contribution is 2.09. The van der Waals surface area contributed by atoms with E-state index in [-0.39, 0.29) is 33.4 Å². The number of carbonyl (C=O) groups is 6. The minimum absolute atomic E-state index is 0.190. The van der Waals surface area contributed by atoms with Crippen LogP contribution in [0.3, 0.4) is 0 Å². The van der Waals surface area contributed by atoms with E-state index in [1.165, 1.54) is 72.8 Å². The van der Waals surface area contributed by atoms with Crippen molar-refractivity contribution < 1.29 is 63.5 Å². The lowest BCUT2D eigenvalue weighted by Crippen LogP contribution is -2.26. The summed E-state index contributed by atoms with van der Waals surface area (Å²) in [6.45, 7) is 8.66. The maximum Gasteiger partial charge on any atom is 0.336 e. The Morgan fingerprint density at radius 1 is 0.465 bits per heavy atom. The predicted octanol–water partition coefficient (Wildman–Crippen LogP) is 4.75. The molecule has 0 bridgehead atoms. The Morgan fingerprint density at radius 3 is 0.698 bits per heavy atom. The molecule has 0 spiro atoms. The van der Waals surface area contributed by atoms with Crippen molar-refractivity contribution in [2.45, 2.75) is 26.2 Å². The van der Waals surface area contributed by atoms with Crippen LogP contribution in [0.25, 0.3) is 0 Å². The number of carboxylic acid groups (broad SMARTS) is 6. The molecule has 0 aliphatic carbocycles. The van der Waals surface area contributed by atoms with Gasteiger partial charge in [0, 0.05) is 0 Å². The van der Waals surface area contributed by atoms with Gasteiger partial charge < -0.3 is 34.8 Å². The molecular formula is C28H30O13Si2.